The zero-order chi connectivity index (χ0) is 15.7. The summed E-state index contributed by atoms with van der Waals surface area (Å²) in [5, 5.41) is 11.8. The van der Waals surface area contributed by atoms with Gasteiger partial charge in [-0.1, -0.05) is 18.2 Å². The van der Waals surface area contributed by atoms with Gasteiger partial charge in [0, 0.05) is 13.6 Å². The lowest BCUT2D eigenvalue weighted by Gasteiger charge is -2.05. The number of para-hydroxylation sites is 1. The minimum Gasteiger partial charge on any atom is -0.395 e. The van der Waals surface area contributed by atoms with Gasteiger partial charge < -0.3 is 15.0 Å². The first-order chi connectivity index (χ1) is 10.6. The third-order valence-corrected chi connectivity index (χ3v) is 3.34. The van der Waals surface area contributed by atoms with Crippen LogP contribution in [0.3, 0.4) is 0 Å². The number of nitrogens with zero attached hydrogens (tertiary/aromatic N) is 3. The first kappa shape index (κ1) is 14.1. The summed E-state index contributed by atoms with van der Waals surface area (Å²) in [6, 6.07) is 8.95. The molecular weight excluding hydrogens is 286 g/mol. The molecule has 0 saturated carbocycles. The fraction of sp³-hybridized carbons (Fsp3) is 0.214. The fourth-order valence-electron chi connectivity index (χ4n) is 2.34. The summed E-state index contributed by atoms with van der Waals surface area (Å²) in [4.78, 5) is 30.9. The molecule has 3 aromatic rings. The van der Waals surface area contributed by atoms with E-state index in [4.69, 9.17) is 5.11 Å². The quantitative estimate of drug-likeness (QED) is 0.620. The first-order valence-corrected chi connectivity index (χ1v) is 6.75. The van der Waals surface area contributed by atoms with Gasteiger partial charge in [0.1, 0.15) is 0 Å². The molecule has 8 heteroatoms. The molecule has 114 valence electrons. The molecule has 0 unspecified atom stereocenters. The predicted octanol–water partition coefficient (Wildman–Crippen LogP) is -0.183. The second-order valence-corrected chi connectivity index (χ2v) is 4.75. The number of rotatable bonds is 4. The molecule has 22 heavy (non-hydrogen) atoms. The van der Waals surface area contributed by atoms with E-state index in [0.717, 1.165) is 0 Å². The van der Waals surface area contributed by atoms with E-state index in [0.29, 0.717) is 18.2 Å². The number of hydrogen-bond donors (Lipinski definition) is 3. The van der Waals surface area contributed by atoms with E-state index < -0.39 is 11.2 Å². The van der Waals surface area contributed by atoms with Crippen LogP contribution in [-0.2, 0) is 7.05 Å². The minimum absolute atomic E-state index is 0.0644. The molecule has 0 atom stereocenters. The average Bonchev–Trinajstić information content (AvgIpc) is 2.83. The SMILES string of the molecule is Cn1c(NCCO)nc2c1c(=O)[nH]c(=O)n2-c1ccccc1. The highest BCUT2D eigenvalue weighted by Crippen LogP contribution is 2.16. The first-order valence-electron chi connectivity index (χ1n) is 6.75. The molecule has 0 radical (unpaired) electrons. The maximum absolute atomic E-state index is 12.2. The molecule has 2 aromatic heterocycles. The topological polar surface area (TPSA) is 105 Å². The summed E-state index contributed by atoms with van der Waals surface area (Å²) in [5.74, 6) is 0.407. The van der Waals surface area contributed by atoms with Gasteiger partial charge in [0.15, 0.2) is 11.2 Å². The number of imidazole rings is 1. The molecule has 3 N–H and O–H groups in total. The van der Waals surface area contributed by atoms with Gasteiger partial charge in [-0.05, 0) is 12.1 Å². The third-order valence-electron chi connectivity index (χ3n) is 3.34. The van der Waals surface area contributed by atoms with Crippen LogP contribution >= 0.6 is 0 Å². The van der Waals surface area contributed by atoms with E-state index >= 15 is 0 Å². The Balaban J connectivity index is 2.33. The normalized spacial score (nSPS) is 11.0. The van der Waals surface area contributed by atoms with Gasteiger partial charge in [0.2, 0.25) is 5.95 Å². The van der Waals surface area contributed by atoms with E-state index in [1.807, 2.05) is 6.07 Å². The zero-order valence-corrected chi connectivity index (χ0v) is 11.9. The summed E-state index contributed by atoms with van der Waals surface area (Å²) in [6.45, 7) is 0.232. The molecule has 0 saturated heterocycles. The molecule has 8 nitrogen and oxygen atoms in total. The van der Waals surface area contributed by atoms with Gasteiger partial charge in [-0.15, -0.1) is 0 Å². The van der Waals surface area contributed by atoms with Crippen LogP contribution in [-0.4, -0.2) is 37.4 Å². The van der Waals surface area contributed by atoms with Crippen LogP contribution < -0.4 is 16.6 Å². The maximum atomic E-state index is 12.2. The molecule has 3 rings (SSSR count). The van der Waals surface area contributed by atoms with E-state index in [2.05, 4.69) is 15.3 Å². The number of aliphatic hydroxyl groups is 1. The van der Waals surface area contributed by atoms with Gasteiger partial charge >= 0.3 is 5.69 Å². The molecule has 2 heterocycles. The fourth-order valence-corrected chi connectivity index (χ4v) is 2.34. The Morgan fingerprint density at radius 2 is 2.00 bits per heavy atom. The van der Waals surface area contributed by atoms with Gasteiger partial charge in [0.05, 0.1) is 12.3 Å². The van der Waals surface area contributed by atoms with Crippen molar-refractivity contribution in [2.45, 2.75) is 0 Å². The number of hydrogen-bond acceptors (Lipinski definition) is 5. The average molecular weight is 301 g/mol. The third kappa shape index (κ3) is 2.19. The monoisotopic (exact) mass is 301 g/mol. The standard InChI is InChI=1S/C14H15N5O3/c1-18-10-11(16-13(18)15-7-8-20)19(14(22)17-12(10)21)9-5-3-2-4-6-9/h2-6,20H,7-8H2,1H3,(H,15,16)(H,17,21,22). The van der Waals surface area contributed by atoms with Crippen LogP contribution in [0, 0.1) is 0 Å². The van der Waals surface area contributed by atoms with Crippen LogP contribution in [0.1, 0.15) is 0 Å². The summed E-state index contributed by atoms with van der Waals surface area (Å²) in [7, 11) is 1.67. The van der Waals surface area contributed by atoms with E-state index in [1.165, 1.54) is 4.57 Å². The predicted molar refractivity (Wildman–Crippen MR) is 82.5 cm³/mol. The summed E-state index contributed by atoms with van der Waals surface area (Å²) in [6.07, 6.45) is 0. The number of anilines is 1. The van der Waals surface area contributed by atoms with Crippen molar-refractivity contribution >= 4 is 17.1 Å². The van der Waals surface area contributed by atoms with Gasteiger partial charge in [0.25, 0.3) is 5.56 Å². The van der Waals surface area contributed by atoms with Crippen LogP contribution in [0.15, 0.2) is 39.9 Å². The van der Waals surface area contributed by atoms with Crippen LogP contribution in [0.4, 0.5) is 5.95 Å². The highest BCUT2D eigenvalue weighted by atomic mass is 16.3. The lowest BCUT2D eigenvalue weighted by molar-refractivity contribution is 0.310. The summed E-state index contributed by atoms with van der Waals surface area (Å²) >= 11 is 0. The number of aliphatic hydroxyl groups excluding tert-OH is 1. The minimum atomic E-state index is -0.546. The molecule has 0 spiro atoms. The van der Waals surface area contributed by atoms with Crippen molar-refractivity contribution in [3.05, 3.63) is 51.2 Å². The van der Waals surface area contributed by atoms with Crippen molar-refractivity contribution in [3.63, 3.8) is 0 Å². The lowest BCUT2D eigenvalue weighted by Crippen LogP contribution is -2.29. The number of aromatic amines is 1. The Hall–Kier alpha value is -2.87. The Bertz CT molecular complexity index is 923. The highest BCUT2D eigenvalue weighted by Gasteiger charge is 2.17. The summed E-state index contributed by atoms with van der Waals surface area (Å²) < 4.78 is 2.91. The van der Waals surface area contributed by atoms with Crippen LogP contribution in [0.5, 0.6) is 0 Å². The van der Waals surface area contributed by atoms with E-state index in [1.54, 1.807) is 35.9 Å². The Morgan fingerprint density at radius 1 is 1.27 bits per heavy atom. The van der Waals surface area contributed by atoms with Crippen LogP contribution in [0.2, 0.25) is 0 Å². The van der Waals surface area contributed by atoms with E-state index in [9.17, 15) is 9.59 Å². The second-order valence-electron chi connectivity index (χ2n) is 4.75. The lowest BCUT2D eigenvalue weighted by atomic mass is 10.3. The van der Waals surface area contributed by atoms with Gasteiger partial charge in [-0.25, -0.2) is 9.36 Å². The second kappa shape index (κ2) is 5.49. The highest BCUT2D eigenvalue weighted by molar-refractivity contribution is 5.75. The molecule has 1 aromatic carbocycles. The number of aryl methyl sites for hydroxylation is 1. The molecule has 0 aliphatic carbocycles. The van der Waals surface area contributed by atoms with Crippen molar-refractivity contribution < 1.29 is 5.11 Å². The molecule has 0 bridgehead atoms. The Labute approximate surface area is 124 Å². The molecule has 0 aliphatic rings. The molecule has 0 aliphatic heterocycles. The number of H-pyrrole nitrogens is 1. The maximum Gasteiger partial charge on any atom is 0.334 e. The van der Waals surface area contributed by atoms with Crippen molar-refractivity contribution in [1.29, 1.82) is 0 Å². The van der Waals surface area contributed by atoms with Crippen molar-refractivity contribution in [3.8, 4) is 5.69 Å². The number of fused-ring (bicyclic) bond motifs is 1. The zero-order valence-electron chi connectivity index (χ0n) is 11.9. The molecule has 0 amide bonds. The smallest absolute Gasteiger partial charge is 0.334 e. The number of nitrogens with one attached hydrogen (secondary N) is 2. The van der Waals surface area contributed by atoms with Gasteiger partial charge in [-0.2, -0.15) is 4.98 Å². The molecule has 0 fully saturated rings. The summed E-state index contributed by atoms with van der Waals surface area (Å²) in [5.41, 5.74) is 0.113. The van der Waals surface area contributed by atoms with Crippen molar-refractivity contribution in [2.75, 3.05) is 18.5 Å². The Morgan fingerprint density at radius 3 is 2.68 bits per heavy atom. The van der Waals surface area contributed by atoms with Gasteiger partial charge in [-0.3, -0.25) is 9.78 Å². The van der Waals surface area contributed by atoms with Crippen molar-refractivity contribution in [1.82, 2.24) is 19.1 Å². The van der Waals surface area contributed by atoms with E-state index in [-0.39, 0.29) is 17.8 Å². The van der Waals surface area contributed by atoms with Crippen LogP contribution in [0.25, 0.3) is 16.9 Å². The van der Waals surface area contributed by atoms with Crippen molar-refractivity contribution in [2.24, 2.45) is 7.05 Å². The largest absolute Gasteiger partial charge is 0.395 e. The Kier molecular flexibility index (Phi) is 3.51. The number of aromatic nitrogens is 4. The number of benzene rings is 1. The molecular formula is C14H15N5O3.